The molecule has 1 fully saturated rings. The number of methoxy groups -OCH3 is 1. The molecule has 0 radical (unpaired) electrons. The van der Waals surface area contributed by atoms with E-state index in [2.05, 4.69) is 5.32 Å². The number of hydrogen-bond donors (Lipinski definition) is 1. The van der Waals surface area contributed by atoms with Crippen molar-refractivity contribution in [2.75, 3.05) is 18.6 Å². The molecule has 0 saturated carbocycles. The summed E-state index contributed by atoms with van der Waals surface area (Å²) < 4.78 is 5.30. The van der Waals surface area contributed by atoms with Crippen LogP contribution in [0.1, 0.15) is 11.3 Å². The van der Waals surface area contributed by atoms with Gasteiger partial charge in [0.25, 0.3) is 0 Å². The third-order valence-electron chi connectivity index (χ3n) is 3.94. The Labute approximate surface area is 149 Å². The van der Waals surface area contributed by atoms with Crippen molar-refractivity contribution in [3.05, 3.63) is 45.6 Å². The standard InChI is InChI=1S/C17H17ClN2O3S/c1-23-15-5-4-12(18)8-14(15)20-10-11(7-16(20)21)17(22)19-9-13-3-2-6-24-13/h2-6,8,11H,7,9-10H2,1H3,(H,19,22). The van der Waals surface area contributed by atoms with E-state index in [-0.39, 0.29) is 24.2 Å². The van der Waals surface area contributed by atoms with E-state index in [4.69, 9.17) is 16.3 Å². The van der Waals surface area contributed by atoms with E-state index >= 15 is 0 Å². The normalized spacial score (nSPS) is 17.2. The zero-order valence-electron chi connectivity index (χ0n) is 13.1. The number of ether oxygens (including phenoxy) is 1. The quantitative estimate of drug-likeness (QED) is 0.887. The van der Waals surface area contributed by atoms with Crippen LogP contribution in [0.4, 0.5) is 5.69 Å². The highest BCUT2D eigenvalue weighted by Gasteiger charge is 2.36. The minimum atomic E-state index is -0.374. The number of benzene rings is 1. The molecule has 2 heterocycles. The molecule has 2 aromatic rings. The molecule has 1 atom stereocenters. The molecule has 1 aromatic heterocycles. The average Bonchev–Trinajstić information content (AvgIpc) is 3.22. The van der Waals surface area contributed by atoms with Crippen LogP contribution in [0.5, 0.6) is 5.75 Å². The van der Waals surface area contributed by atoms with Gasteiger partial charge >= 0.3 is 0 Å². The molecule has 0 aliphatic carbocycles. The van der Waals surface area contributed by atoms with Gasteiger partial charge in [0, 0.05) is 22.9 Å². The molecule has 1 aliphatic heterocycles. The van der Waals surface area contributed by atoms with Crippen LogP contribution in [-0.4, -0.2) is 25.5 Å². The first-order chi connectivity index (χ1) is 11.6. The number of carbonyl (C=O) groups excluding carboxylic acids is 2. The maximum Gasteiger partial charge on any atom is 0.227 e. The van der Waals surface area contributed by atoms with E-state index in [1.165, 1.54) is 0 Å². The molecular weight excluding hydrogens is 348 g/mol. The summed E-state index contributed by atoms with van der Waals surface area (Å²) in [6, 6.07) is 9.02. The molecular formula is C17H17ClN2O3S. The Bertz CT molecular complexity index is 748. The predicted molar refractivity (Wildman–Crippen MR) is 94.6 cm³/mol. The first kappa shape index (κ1) is 16.8. The van der Waals surface area contributed by atoms with Crippen molar-refractivity contribution in [3.63, 3.8) is 0 Å². The first-order valence-corrected chi connectivity index (χ1v) is 8.78. The number of thiophene rings is 1. The van der Waals surface area contributed by atoms with Gasteiger partial charge in [0.15, 0.2) is 0 Å². The lowest BCUT2D eigenvalue weighted by atomic mass is 10.1. The van der Waals surface area contributed by atoms with Gasteiger partial charge in [-0.1, -0.05) is 17.7 Å². The summed E-state index contributed by atoms with van der Waals surface area (Å²) in [6.07, 6.45) is 0.186. The van der Waals surface area contributed by atoms with Crippen molar-refractivity contribution in [1.82, 2.24) is 5.32 Å². The number of rotatable bonds is 5. The lowest BCUT2D eigenvalue weighted by Crippen LogP contribution is -2.32. The SMILES string of the molecule is COc1ccc(Cl)cc1N1CC(C(=O)NCc2cccs2)CC1=O. The number of anilines is 1. The number of halogens is 1. The summed E-state index contributed by atoms with van der Waals surface area (Å²) >= 11 is 7.62. The summed E-state index contributed by atoms with van der Waals surface area (Å²) in [5, 5.41) is 5.38. The second-order valence-electron chi connectivity index (χ2n) is 5.52. The summed E-state index contributed by atoms with van der Waals surface area (Å²) in [4.78, 5) is 27.3. The van der Waals surface area contributed by atoms with Crippen molar-refractivity contribution in [1.29, 1.82) is 0 Å². The monoisotopic (exact) mass is 364 g/mol. The van der Waals surface area contributed by atoms with Crippen LogP contribution in [0.2, 0.25) is 5.02 Å². The molecule has 5 nitrogen and oxygen atoms in total. The van der Waals surface area contributed by atoms with Gasteiger partial charge in [-0.3, -0.25) is 9.59 Å². The van der Waals surface area contributed by atoms with Gasteiger partial charge in [-0.2, -0.15) is 0 Å². The molecule has 0 spiro atoms. The topological polar surface area (TPSA) is 58.6 Å². The predicted octanol–water partition coefficient (Wildman–Crippen LogP) is 3.08. The van der Waals surface area contributed by atoms with Gasteiger partial charge in [0.05, 0.1) is 25.3 Å². The number of nitrogens with one attached hydrogen (secondary N) is 1. The molecule has 3 rings (SSSR count). The summed E-state index contributed by atoms with van der Waals surface area (Å²) in [5.74, 6) is -0.0272. The lowest BCUT2D eigenvalue weighted by Gasteiger charge is -2.19. The summed E-state index contributed by atoms with van der Waals surface area (Å²) in [7, 11) is 1.54. The van der Waals surface area contributed by atoms with E-state index in [0.717, 1.165) is 4.88 Å². The van der Waals surface area contributed by atoms with Crippen LogP contribution >= 0.6 is 22.9 Å². The Hall–Kier alpha value is -2.05. The van der Waals surface area contributed by atoms with Crippen molar-refractivity contribution < 1.29 is 14.3 Å². The van der Waals surface area contributed by atoms with Gasteiger partial charge in [-0.15, -0.1) is 11.3 Å². The fraction of sp³-hybridized carbons (Fsp3) is 0.294. The van der Waals surface area contributed by atoms with E-state index in [1.54, 1.807) is 41.5 Å². The fourth-order valence-corrected chi connectivity index (χ4v) is 3.53. The van der Waals surface area contributed by atoms with Crippen LogP contribution in [0.3, 0.4) is 0 Å². The number of nitrogens with zero attached hydrogens (tertiary/aromatic N) is 1. The largest absolute Gasteiger partial charge is 0.495 e. The maximum atomic E-state index is 12.4. The minimum Gasteiger partial charge on any atom is -0.495 e. The van der Waals surface area contributed by atoms with Crippen molar-refractivity contribution in [2.24, 2.45) is 5.92 Å². The Balaban J connectivity index is 1.69. The number of amides is 2. The van der Waals surface area contributed by atoms with E-state index in [1.807, 2.05) is 17.5 Å². The van der Waals surface area contributed by atoms with Crippen molar-refractivity contribution in [2.45, 2.75) is 13.0 Å². The smallest absolute Gasteiger partial charge is 0.227 e. The van der Waals surface area contributed by atoms with Gasteiger partial charge in [0.2, 0.25) is 11.8 Å². The van der Waals surface area contributed by atoms with Crippen LogP contribution in [0.25, 0.3) is 0 Å². The Morgan fingerprint density at radius 3 is 3.00 bits per heavy atom. The van der Waals surface area contributed by atoms with Gasteiger partial charge in [0.1, 0.15) is 5.75 Å². The van der Waals surface area contributed by atoms with Crippen molar-refractivity contribution >= 4 is 40.4 Å². The zero-order chi connectivity index (χ0) is 17.1. The molecule has 24 heavy (non-hydrogen) atoms. The molecule has 2 amide bonds. The van der Waals surface area contributed by atoms with Crippen molar-refractivity contribution in [3.8, 4) is 5.75 Å². The second-order valence-corrected chi connectivity index (χ2v) is 6.99. The first-order valence-electron chi connectivity index (χ1n) is 7.52. The van der Waals surface area contributed by atoms with Crippen LogP contribution in [0, 0.1) is 5.92 Å². The Kier molecular flexibility index (Phi) is 5.06. The summed E-state index contributed by atoms with van der Waals surface area (Å²) in [5.41, 5.74) is 0.601. The molecule has 0 bridgehead atoms. The highest BCUT2D eigenvalue weighted by Crippen LogP contribution is 2.35. The molecule has 126 valence electrons. The molecule has 1 unspecified atom stereocenters. The zero-order valence-corrected chi connectivity index (χ0v) is 14.7. The fourth-order valence-electron chi connectivity index (χ4n) is 2.72. The highest BCUT2D eigenvalue weighted by atomic mass is 35.5. The molecule has 1 aromatic carbocycles. The molecule has 1 saturated heterocycles. The second kappa shape index (κ2) is 7.23. The van der Waals surface area contributed by atoms with Gasteiger partial charge in [-0.25, -0.2) is 0 Å². The number of hydrogen-bond acceptors (Lipinski definition) is 4. The third kappa shape index (κ3) is 3.55. The molecule has 1 N–H and O–H groups in total. The third-order valence-corrected chi connectivity index (χ3v) is 5.06. The van der Waals surface area contributed by atoms with Gasteiger partial charge < -0.3 is 15.0 Å². The van der Waals surface area contributed by atoms with E-state index < -0.39 is 0 Å². The Morgan fingerprint density at radius 2 is 2.29 bits per heavy atom. The van der Waals surface area contributed by atoms with Gasteiger partial charge in [-0.05, 0) is 29.6 Å². The van der Waals surface area contributed by atoms with Crippen LogP contribution in [-0.2, 0) is 16.1 Å². The number of carbonyl (C=O) groups is 2. The maximum absolute atomic E-state index is 12.4. The van der Waals surface area contributed by atoms with Crippen LogP contribution in [0.15, 0.2) is 35.7 Å². The van der Waals surface area contributed by atoms with Crippen LogP contribution < -0.4 is 15.0 Å². The minimum absolute atomic E-state index is 0.105. The Morgan fingerprint density at radius 1 is 1.46 bits per heavy atom. The highest BCUT2D eigenvalue weighted by molar-refractivity contribution is 7.09. The average molecular weight is 365 g/mol. The van der Waals surface area contributed by atoms with E-state index in [0.29, 0.717) is 29.5 Å². The molecule has 1 aliphatic rings. The lowest BCUT2D eigenvalue weighted by molar-refractivity contribution is -0.126. The molecule has 7 heteroatoms. The summed E-state index contributed by atoms with van der Waals surface area (Å²) in [6.45, 7) is 0.813. The van der Waals surface area contributed by atoms with E-state index in [9.17, 15) is 9.59 Å².